The van der Waals surface area contributed by atoms with Gasteiger partial charge in [0.1, 0.15) is 0 Å². The van der Waals surface area contributed by atoms with Gasteiger partial charge < -0.3 is 15.8 Å². The topological polar surface area (TPSA) is 47.3 Å². The Labute approximate surface area is 112 Å². The molecular formula is C14H18N2OS. The summed E-state index contributed by atoms with van der Waals surface area (Å²) in [5, 5.41) is 7.64. The van der Waals surface area contributed by atoms with Gasteiger partial charge in [0.05, 0.1) is 0 Å². The molecule has 1 aromatic heterocycles. The number of thiophene rings is 1. The molecule has 0 aliphatic carbocycles. The van der Waals surface area contributed by atoms with Gasteiger partial charge >= 0.3 is 0 Å². The fourth-order valence-corrected chi connectivity index (χ4v) is 2.47. The molecule has 0 atom stereocenters. The van der Waals surface area contributed by atoms with Crippen molar-refractivity contribution in [2.75, 3.05) is 31.3 Å². The van der Waals surface area contributed by atoms with E-state index in [0.717, 1.165) is 36.5 Å². The van der Waals surface area contributed by atoms with Crippen molar-refractivity contribution >= 4 is 22.7 Å². The summed E-state index contributed by atoms with van der Waals surface area (Å²) in [6, 6.07) is 8.09. The summed E-state index contributed by atoms with van der Waals surface area (Å²) in [6.45, 7) is 1.67. The van der Waals surface area contributed by atoms with E-state index in [4.69, 9.17) is 10.5 Å². The first-order chi connectivity index (χ1) is 8.81. The Morgan fingerprint density at radius 3 is 2.94 bits per heavy atom. The Morgan fingerprint density at radius 2 is 2.22 bits per heavy atom. The third-order valence-corrected chi connectivity index (χ3v) is 3.40. The van der Waals surface area contributed by atoms with E-state index in [1.165, 1.54) is 5.56 Å². The number of nitrogens with two attached hydrogens (primary N) is 1. The summed E-state index contributed by atoms with van der Waals surface area (Å²) in [5.41, 5.74) is 10.2. The average Bonchev–Trinajstić information content (AvgIpc) is 2.90. The van der Waals surface area contributed by atoms with E-state index in [2.05, 4.69) is 22.1 Å². The minimum Gasteiger partial charge on any atom is -0.399 e. The lowest BCUT2D eigenvalue weighted by atomic mass is 10.1. The molecule has 3 N–H and O–H groups in total. The van der Waals surface area contributed by atoms with Crippen molar-refractivity contribution in [3.8, 4) is 11.1 Å². The lowest BCUT2D eigenvalue weighted by Gasteiger charge is -2.12. The SMILES string of the molecule is COCCCNc1ccc(N)cc1-c1ccsc1. The molecule has 2 rings (SSSR count). The average molecular weight is 262 g/mol. The van der Waals surface area contributed by atoms with E-state index in [1.54, 1.807) is 18.4 Å². The van der Waals surface area contributed by atoms with E-state index >= 15 is 0 Å². The summed E-state index contributed by atoms with van der Waals surface area (Å²) in [4.78, 5) is 0. The zero-order valence-electron chi connectivity index (χ0n) is 10.5. The maximum absolute atomic E-state index is 5.87. The molecule has 0 radical (unpaired) electrons. The van der Waals surface area contributed by atoms with Crippen LogP contribution in [0.3, 0.4) is 0 Å². The minimum atomic E-state index is 0.774. The molecule has 0 unspecified atom stereocenters. The Kier molecular flexibility index (Phi) is 4.61. The molecule has 0 fully saturated rings. The molecule has 18 heavy (non-hydrogen) atoms. The molecule has 0 saturated carbocycles. The number of methoxy groups -OCH3 is 1. The molecule has 0 aliphatic rings. The van der Waals surface area contributed by atoms with Crippen LogP contribution in [0.2, 0.25) is 0 Å². The zero-order chi connectivity index (χ0) is 12.8. The Balaban J connectivity index is 2.14. The van der Waals surface area contributed by atoms with Gasteiger partial charge in [0.25, 0.3) is 0 Å². The second-order valence-corrected chi connectivity index (χ2v) is 4.87. The predicted octanol–water partition coefficient (Wildman–Crippen LogP) is 3.45. The van der Waals surface area contributed by atoms with Gasteiger partial charge in [-0.05, 0) is 47.0 Å². The molecule has 3 nitrogen and oxygen atoms in total. The normalized spacial score (nSPS) is 10.5. The fourth-order valence-electron chi connectivity index (χ4n) is 1.81. The van der Waals surface area contributed by atoms with Crippen molar-refractivity contribution in [2.45, 2.75) is 6.42 Å². The quantitative estimate of drug-likeness (QED) is 0.619. The van der Waals surface area contributed by atoms with Gasteiger partial charge in [-0.2, -0.15) is 11.3 Å². The number of nitrogens with one attached hydrogen (secondary N) is 1. The number of anilines is 2. The summed E-state index contributed by atoms with van der Waals surface area (Å²) in [7, 11) is 1.72. The smallest absolute Gasteiger partial charge is 0.0479 e. The molecule has 0 amide bonds. The number of benzene rings is 1. The number of hydrogen-bond donors (Lipinski definition) is 2. The van der Waals surface area contributed by atoms with Crippen LogP contribution >= 0.6 is 11.3 Å². The second kappa shape index (κ2) is 6.42. The molecule has 2 aromatic rings. The van der Waals surface area contributed by atoms with Gasteiger partial charge in [-0.25, -0.2) is 0 Å². The van der Waals surface area contributed by atoms with E-state index in [1.807, 2.05) is 18.2 Å². The molecule has 4 heteroatoms. The molecule has 0 saturated heterocycles. The zero-order valence-corrected chi connectivity index (χ0v) is 11.3. The molecular weight excluding hydrogens is 244 g/mol. The summed E-state index contributed by atoms with van der Waals surface area (Å²) in [5.74, 6) is 0. The number of nitrogen functional groups attached to an aromatic ring is 1. The highest BCUT2D eigenvalue weighted by Gasteiger charge is 2.05. The van der Waals surface area contributed by atoms with Crippen LogP contribution in [-0.4, -0.2) is 20.3 Å². The van der Waals surface area contributed by atoms with Crippen LogP contribution < -0.4 is 11.1 Å². The van der Waals surface area contributed by atoms with Crippen molar-refractivity contribution in [1.29, 1.82) is 0 Å². The van der Waals surface area contributed by atoms with Crippen LogP contribution in [0.4, 0.5) is 11.4 Å². The van der Waals surface area contributed by atoms with Gasteiger partial charge in [-0.1, -0.05) is 0 Å². The van der Waals surface area contributed by atoms with Crippen molar-refractivity contribution < 1.29 is 4.74 Å². The van der Waals surface area contributed by atoms with Gasteiger partial charge in [0, 0.05) is 37.2 Å². The first-order valence-corrected chi connectivity index (χ1v) is 6.90. The molecule has 0 bridgehead atoms. The maximum atomic E-state index is 5.87. The Morgan fingerprint density at radius 1 is 1.33 bits per heavy atom. The number of rotatable bonds is 6. The van der Waals surface area contributed by atoms with Crippen LogP contribution in [0.1, 0.15) is 6.42 Å². The van der Waals surface area contributed by atoms with Crippen molar-refractivity contribution in [2.24, 2.45) is 0 Å². The van der Waals surface area contributed by atoms with E-state index in [-0.39, 0.29) is 0 Å². The highest BCUT2D eigenvalue weighted by atomic mass is 32.1. The lowest BCUT2D eigenvalue weighted by molar-refractivity contribution is 0.198. The second-order valence-electron chi connectivity index (χ2n) is 4.09. The third kappa shape index (κ3) is 3.24. The first kappa shape index (κ1) is 12.9. The van der Waals surface area contributed by atoms with E-state index in [0.29, 0.717) is 0 Å². The van der Waals surface area contributed by atoms with Gasteiger partial charge in [0.15, 0.2) is 0 Å². The lowest BCUT2D eigenvalue weighted by Crippen LogP contribution is -2.05. The van der Waals surface area contributed by atoms with Crippen molar-refractivity contribution in [3.05, 3.63) is 35.0 Å². The summed E-state index contributed by atoms with van der Waals surface area (Å²) < 4.78 is 5.04. The van der Waals surface area contributed by atoms with Crippen LogP contribution in [-0.2, 0) is 4.74 Å². The summed E-state index contributed by atoms with van der Waals surface area (Å²) in [6.07, 6.45) is 0.990. The third-order valence-electron chi connectivity index (χ3n) is 2.72. The van der Waals surface area contributed by atoms with Crippen LogP contribution in [0.15, 0.2) is 35.0 Å². The highest BCUT2D eigenvalue weighted by Crippen LogP contribution is 2.31. The highest BCUT2D eigenvalue weighted by molar-refractivity contribution is 7.08. The molecule has 1 heterocycles. The van der Waals surface area contributed by atoms with Crippen molar-refractivity contribution in [3.63, 3.8) is 0 Å². The molecule has 1 aromatic carbocycles. The molecule has 0 aliphatic heterocycles. The van der Waals surface area contributed by atoms with Gasteiger partial charge in [0.2, 0.25) is 0 Å². The van der Waals surface area contributed by atoms with Crippen molar-refractivity contribution in [1.82, 2.24) is 0 Å². The van der Waals surface area contributed by atoms with Crippen LogP contribution in [0, 0.1) is 0 Å². The van der Waals surface area contributed by atoms with Gasteiger partial charge in [-0.3, -0.25) is 0 Å². The van der Waals surface area contributed by atoms with E-state index in [9.17, 15) is 0 Å². The Bertz CT molecular complexity index is 483. The first-order valence-electron chi connectivity index (χ1n) is 5.96. The van der Waals surface area contributed by atoms with Crippen LogP contribution in [0.25, 0.3) is 11.1 Å². The predicted molar refractivity (Wildman–Crippen MR) is 79.2 cm³/mol. The molecule has 96 valence electrons. The number of hydrogen-bond acceptors (Lipinski definition) is 4. The Hall–Kier alpha value is -1.52. The minimum absolute atomic E-state index is 0.774. The molecule has 0 spiro atoms. The number of ether oxygens (including phenoxy) is 1. The van der Waals surface area contributed by atoms with E-state index < -0.39 is 0 Å². The fraction of sp³-hybridized carbons (Fsp3) is 0.286. The monoisotopic (exact) mass is 262 g/mol. The van der Waals surface area contributed by atoms with Gasteiger partial charge in [-0.15, -0.1) is 0 Å². The summed E-state index contributed by atoms with van der Waals surface area (Å²) >= 11 is 1.69. The van der Waals surface area contributed by atoms with Crippen LogP contribution in [0.5, 0.6) is 0 Å². The standard InChI is InChI=1S/C14H18N2OS/c1-17-7-2-6-16-14-4-3-12(15)9-13(14)11-5-8-18-10-11/h3-5,8-10,16H,2,6-7,15H2,1H3. The largest absolute Gasteiger partial charge is 0.399 e. The maximum Gasteiger partial charge on any atom is 0.0479 e.